The van der Waals surface area contributed by atoms with Gasteiger partial charge in [0.2, 0.25) is 0 Å². The Morgan fingerprint density at radius 1 is 0.757 bits per heavy atom. The molecule has 2 N–H and O–H groups in total. The lowest BCUT2D eigenvalue weighted by molar-refractivity contribution is -0.216. The number of hydroxylamine groups is 2. The Labute approximate surface area is 218 Å². The minimum atomic E-state index is -0.963. The number of hydrogen-bond acceptors (Lipinski definition) is 7. The van der Waals surface area contributed by atoms with Crippen molar-refractivity contribution in [3.63, 3.8) is 0 Å². The van der Waals surface area contributed by atoms with E-state index in [1.807, 2.05) is 96.1 Å². The summed E-state index contributed by atoms with van der Waals surface area (Å²) in [5.74, 6) is 0. The van der Waals surface area contributed by atoms with Crippen molar-refractivity contribution in [2.75, 3.05) is 13.2 Å². The molecule has 0 radical (unpaired) electrons. The van der Waals surface area contributed by atoms with Crippen molar-refractivity contribution in [2.24, 2.45) is 0 Å². The second-order valence-corrected chi connectivity index (χ2v) is 9.65. The first-order valence-electron chi connectivity index (χ1n) is 12.9. The van der Waals surface area contributed by atoms with Gasteiger partial charge >= 0.3 is 0 Å². The average molecular weight is 506 g/mol. The quantitative estimate of drug-likeness (QED) is 0.390. The molecular weight excluding hydrogens is 470 g/mol. The number of aliphatic hydroxyl groups is 2. The highest BCUT2D eigenvalue weighted by Crippen LogP contribution is 2.40. The summed E-state index contributed by atoms with van der Waals surface area (Å²) in [4.78, 5) is 6.20. The highest BCUT2D eigenvalue weighted by molar-refractivity contribution is 5.16. The Bertz CT molecular complexity index is 1070. The van der Waals surface area contributed by atoms with E-state index < -0.39 is 12.2 Å². The van der Waals surface area contributed by atoms with Gasteiger partial charge in [0.25, 0.3) is 0 Å². The fourth-order valence-corrected chi connectivity index (χ4v) is 5.14. The van der Waals surface area contributed by atoms with E-state index in [1.54, 1.807) is 0 Å². The Morgan fingerprint density at radius 3 is 1.81 bits per heavy atom. The largest absolute Gasteiger partial charge is 0.394 e. The van der Waals surface area contributed by atoms with E-state index >= 15 is 0 Å². The Hall–Kier alpha value is -2.62. The zero-order valence-corrected chi connectivity index (χ0v) is 20.8. The van der Waals surface area contributed by atoms with Crippen LogP contribution in [0, 0.1) is 0 Å². The maximum atomic E-state index is 10.3. The maximum Gasteiger partial charge on any atom is 0.109 e. The highest BCUT2D eigenvalue weighted by atomic mass is 16.7. The van der Waals surface area contributed by atoms with Gasteiger partial charge in [0.1, 0.15) is 24.4 Å². The van der Waals surface area contributed by atoms with Crippen LogP contribution in [0.5, 0.6) is 0 Å². The lowest BCUT2D eigenvalue weighted by Crippen LogP contribution is -2.43. The minimum absolute atomic E-state index is 0.138. The molecule has 196 valence electrons. The van der Waals surface area contributed by atoms with E-state index in [4.69, 9.17) is 19.0 Å². The third-order valence-corrected chi connectivity index (χ3v) is 7.05. The lowest BCUT2D eigenvalue weighted by Gasteiger charge is -2.29. The first-order chi connectivity index (χ1) is 18.2. The van der Waals surface area contributed by atoms with Crippen LogP contribution in [-0.4, -0.2) is 65.0 Å². The van der Waals surface area contributed by atoms with Crippen molar-refractivity contribution in [3.8, 4) is 0 Å². The molecular formula is C30H35NO6. The van der Waals surface area contributed by atoms with Crippen LogP contribution in [0.2, 0.25) is 0 Å². The molecule has 3 aromatic carbocycles. The van der Waals surface area contributed by atoms with Crippen LogP contribution in [0.1, 0.15) is 23.1 Å². The molecule has 5 rings (SSSR count). The molecule has 0 bridgehead atoms. The van der Waals surface area contributed by atoms with Gasteiger partial charge in [-0.05, 0) is 23.1 Å². The molecule has 37 heavy (non-hydrogen) atoms. The fraction of sp³-hybridized carbons (Fsp3) is 0.400. The van der Waals surface area contributed by atoms with Crippen molar-refractivity contribution >= 4 is 0 Å². The van der Waals surface area contributed by atoms with Crippen LogP contribution in [0.3, 0.4) is 0 Å². The molecule has 2 aliphatic rings. The summed E-state index contributed by atoms with van der Waals surface area (Å²) in [5, 5.41) is 21.8. The number of nitrogens with zero attached hydrogens (tertiary/aromatic N) is 1. The van der Waals surface area contributed by atoms with Gasteiger partial charge in [0.05, 0.1) is 45.1 Å². The molecule has 2 fully saturated rings. The van der Waals surface area contributed by atoms with E-state index in [1.165, 1.54) is 0 Å². The third kappa shape index (κ3) is 6.45. The summed E-state index contributed by atoms with van der Waals surface area (Å²) in [6, 6.07) is 29.8. The topological polar surface area (TPSA) is 80.6 Å². The van der Waals surface area contributed by atoms with Gasteiger partial charge in [0, 0.05) is 0 Å². The van der Waals surface area contributed by atoms with E-state index in [0.717, 1.165) is 16.7 Å². The van der Waals surface area contributed by atoms with Gasteiger partial charge in [0.15, 0.2) is 0 Å². The van der Waals surface area contributed by atoms with Crippen LogP contribution in [0.4, 0.5) is 0 Å². The standard InChI is InChI=1S/C30H35NO6/c32-17-27(33)28-16-25-29(35-19-23-12-6-2-7-13-23)30(36-20-24-14-8-3-9-15-24)26(31(25)37-28)21-34-18-22-10-4-1-5-11-22/h1-15,25-30,32-33H,16-21H2/t25?,26-,27+,28-,29-,30-/m1/s1. The van der Waals surface area contributed by atoms with Crippen LogP contribution in [0.25, 0.3) is 0 Å². The van der Waals surface area contributed by atoms with Crippen molar-refractivity contribution in [2.45, 2.75) is 62.7 Å². The third-order valence-electron chi connectivity index (χ3n) is 7.05. The zero-order valence-electron chi connectivity index (χ0n) is 20.8. The van der Waals surface area contributed by atoms with Crippen molar-refractivity contribution in [1.82, 2.24) is 5.06 Å². The predicted molar refractivity (Wildman–Crippen MR) is 138 cm³/mol. The molecule has 6 atom stereocenters. The Balaban J connectivity index is 1.35. The summed E-state index contributed by atoms with van der Waals surface area (Å²) in [6.07, 6.45) is -1.55. The highest BCUT2D eigenvalue weighted by Gasteiger charge is 2.56. The number of aliphatic hydroxyl groups excluding tert-OH is 2. The number of fused-ring (bicyclic) bond motifs is 1. The molecule has 1 unspecified atom stereocenters. The summed E-state index contributed by atoms with van der Waals surface area (Å²) < 4.78 is 19.2. The van der Waals surface area contributed by atoms with Gasteiger partial charge < -0.3 is 24.4 Å². The number of ether oxygens (including phenoxy) is 3. The predicted octanol–water partition coefficient (Wildman–Crippen LogP) is 3.48. The van der Waals surface area contributed by atoms with Gasteiger partial charge in [-0.15, -0.1) is 0 Å². The molecule has 7 heteroatoms. The second-order valence-electron chi connectivity index (χ2n) is 9.65. The molecule has 2 aliphatic heterocycles. The van der Waals surface area contributed by atoms with Gasteiger partial charge in [-0.2, -0.15) is 5.06 Å². The molecule has 7 nitrogen and oxygen atoms in total. The van der Waals surface area contributed by atoms with E-state index in [2.05, 4.69) is 0 Å². The molecule has 0 aromatic heterocycles. The van der Waals surface area contributed by atoms with Crippen molar-refractivity contribution in [1.29, 1.82) is 0 Å². The van der Waals surface area contributed by atoms with Crippen molar-refractivity contribution in [3.05, 3.63) is 108 Å². The number of hydrogen-bond donors (Lipinski definition) is 2. The van der Waals surface area contributed by atoms with Crippen LogP contribution < -0.4 is 0 Å². The molecule has 0 aliphatic carbocycles. The van der Waals surface area contributed by atoms with E-state index in [0.29, 0.717) is 32.8 Å². The summed E-state index contributed by atoms with van der Waals surface area (Å²) in [7, 11) is 0. The molecule has 0 saturated carbocycles. The molecule has 2 saturated heterocycles. The lowest BCUT2D eigenvalue weighted by atomic mass is 10.00. The minimum Gasteiger partial charge on any atom is -0.394 e. The van der Waals surface area contributed by atoms with Crippen molar-refractivity contribution < 1.29 is 29.3 Å². The van der Waals surface area contributed by atoms with Crippen LogP contribution in [0.15, 0.2) is 91.0 Å². The zero-order chi connectivity index (χ0) is 25.5. The number of benzene rings is 3. The van der Waals surface area contributed by atoms with Gasteiger partial charge in [-0.3, -0.25) is 4.84 Å². The van der Waals surface area contributed by atoms with Crippen LogP contribution >= 0.6 is 0 Å². The average Bonchev–Trinajstić information content (AvgIpc) is 3.50. The Kier molecular flexibility index (Phi) is 8.97. The first kappa shape index (κ1) is 26.0. The monoisotopic (exact) mass is 505 g/mol. The second kappa shape index (κ2) is 12.8. The van der Waals surface area contributed by atoms with Gasteiger partial charge in [-0.1, -0.05) is 91.0 Å². The molecule has 2 heterocycles. The molecule has 0 spiro atoms. The molecule has 3 aromatic rings. The van der Waals surface area contributed by atoms with E-state index in [9.17, 15) is 10.2 Å². The summed E-state index contributed by atoms with van der Waals surface area (Å²) in [5.41, 5.74) is 3.24. The SMILES string of the molecule is OC[C@H](O)[C@H]1CC2[C@@H](OCc3ccccc3)[C@H](OCc3ccccc3)[C@@H](COCc3ccccc3)N2O1. The maximum absolute atomic E-state index is 10.3. The smallest absolute Gasteiger partial charge is 0.109 e. The summed E-state index contributed by atoms with van der Waals surface area (Å²) in [6.45, 7) is 1.36. The first-order valence-corrected chi connectivity index (χ1v) is 12.9. The normalized spacial score (nSPS) is 26.3. The van der Waals surface area contributed by atoms with Gasteiger partial charge in [-0.25, -0.2) is 0 Å². The van der Waals surface area contributed by atoms with E-state index in [-0.39, 0.29) is 30.9 Å². The number of rotatable bonds is 12. The fourth-order valence-electron chi connectivity index (χ4n) is 5.14. The summed E-state index contributed by atoms with van der Waals surface area (Å²) >= 11 is 0. The molecule has 0 amide bonds. The van der Waals surface area contributed by atoms with Crippen LogP contribution in [-0.2, 0) is 38.9 Å². The Morgan fingerprint density at radius 2 is 1.27 bits per heavy atom.